The van der Waals surface area contributed by atoms with Crippen LogP contribution in [0.4, 0.5) is 0 Å². The molecule has 0 aromatic rings. The fourth-order valence-electron chi connectivity index (χ4n) is 5.06. The van der Waals surface area contributed by atoms with E-state index in [1.165, 1.54) is 96.3 Å². The van der Waals surface area contributed by atoms with Gasteiger partial charge in [0.15, 0.2) is 0 Å². The van der Waals surface area contributed by atoms with Crippen LogP contribution in [-0.4, -0.2) is 46.1 Å². The Morgan fingerprint density at radius 3 is 1.52 bits per heavy atom. The van der Waals surface area contributed by atoms with Gasteiger partial charge in [-0.25, -0.2) is 0 Å². The predicted octanol–water partition coefficient (Wildman–Crippen LogP) is 8.70. The van der Waals surface area contributed by atoms with E-state index in [4.69, 9.17) is 0 Å². The summed E-state index contributed by atoms with van der Waals surface area (Å²) in [5, 5.41) is 33.2. The molecular formula is C35H67NO4. The Bertz CT molecular complexity index is 592. The summed E-state index contributed by atoms with van der Waals surface area (Å²) >= 11 is 0. The maximum atomic E-state index is 12.3. The smallest absolute Gasteiger partial charge is 0.220 e. The highest BCUT2D eigenvalue weighted by Crippen LogP contribution is 2.13. The van der Waals surface area contributed by atoms with Crippen molar-refractivity contribution in [1.82, 2.24) is 5.32 Å². The van der Waals surface area contributed by atoms with E-state index in [9.17, 15) is 20.1 Å². The molecule has 0 saturated heterocycles. The van der Waals surface area contributed by atoms with Crippen LogP contribution in [0.25, 0.3) is 0 Å². The van der Waals surface area contributed by atoms with E-state index in [2.05, 4.69) is 43.5 Å². The number of allylic oxidation sites excluding steroid dienone is 4. The molecule has 40 heavy (non-hydrogen) atoms. The van der Waals surface area contributed by atoms with Gasteiger partial charge in [0.2, 0.25) is 5.91 Å². The highest BCUT2D eigenvalue weighted by molar-refractivity contribution is 5.76. The molecular weight excluding hydrogens is 498 g/mol. The minimum atomic E-state index is -1.16. The zero-order chi connectivity index (χ0) is 29.5. The van der Waals surface area contributed by atoms with E-state index in [-0.39, 0.29) is 12.5 Å². The number of rotatable bonds is 30. The van der Waals surface area contributed by atoms with Gasteiger partial charge in [-0.15, -0.1) is 0 Å². The molecule has 0 aromatic heterocycles. The van der Waals surface area contributed by atoms with Crippen molar-refractivity contribution in [2.45, 2.75) is 186 Å². The third-order valence-corrected chi connectivity index (χ3v) is 7.79. The third-order valence-electron chi connectivity index (χ3n) is 7.79. The number of unbranched alkanes of at least 4 members (excludes halogenated alkanes) is 18. The molecule has 1 amide bonds. The van der Waals surface area contributed by atoms with Crippen LogP contribution >= 0.6 is 0 Å². The lowest BCUT2D eigenvalue weighted by Gasteiger charge is -2.26. The van der Waals surface area contributed by atoms with Gasteiger partial charge in [0.05, 0.1) is 18.8 Å². The molecule has 3 atom stereocenters. The van der Waals surface area contributed by atoms with Crippen LogP contribution in [0, 0.1) is 0 Å². The lowest BCUT2D eigenvalue weighted by molar-refractivity contribution is -0.124. The number of amides is 1. The third kappa shape index (κ3) is 25.8. The number of hydrogen-bond donors (Lipinski definition) is 4. The average molecular weight is 566 g/mol. The van der Waals surface area contributed by atoms with Crippen molar-refractivity contribution in [3.05, 3.63) is 24.3 Å². The molecule has 4 N–H and O–H groups in total. The second-order valence-corrected chi connectivity index (χ2v) is 11.7. The summed E-state index contributed by atoms with van der Waals surface area (Å²) in [6.45, 7) is 4.12. The first-order chi connectivity index (χ1) is 19.6. The van der Waals surface area contributed by atoms with Gasteiger partial charge in [0, 0.05) is 6.42 Å². The summed E-state index contributed by atoms with van der Waals surface area (Å²) in [7, 11) is 0. The first-order valence-corrected chi connectivity index (χ1v) is 17.1. The maximum Gasteiger partial charge on any atom is 0.220 e. The predicted molar refractivity (Wildman–Crippen MR) is 171 cm³/mol. The topological polar surface area (TPSA) is 89.8 Å². The summed E-state index contributed by atoms with van der Waals surface area (Å²) in [6, 6.07) is -0.825. The summed E-state index contributed by atoms with van der Waals surface area (Å²) in [5.74, 6) is -0.161. The van der Waals surface area contributed by atoms with Crippen molar-refractivity contribution in [3.63, 3.8) is 0 Å². The summed E-state index contributed by atoms with van der Waals surface area (Å²) < 4.78 is 0. The van der Waals surface area contributed by atoms with Crippen LogP contribution in [-0.2, 0) is 4.79 Å². The molecule has 5 nitrogen and oxygen atoms in total. The van der Waals surface area contributed by atoms with Crippen molar-refractivity contribution in [2.24, 2.45) is 0 Å². The van der Waals surface area contributed by atoms with Crippen LogP contribution in [0.1, 0.15) is 168 Å². The number of hydrogen-bond acceptors (Lipinski definition) is 4. The molecule has 0 aliphatic carbocycles. The zero-order valence-corrected chi connectivity index (χ0v) is 26.5. The van der Waals surface area contributed by atoms with Gasteiger partial charge < -0.3 is 20.6 Å². The van der Waals surface area contributed by atoms with E-state index in [0.717, 1.165) is 44.9 Å². The lowest BCUT2D eigenvalue weighted by atomic mass is 10.0. The van der Waals surface area contributed by atoms with Gasteiger partial charge in [-0.3, -0.25) is 4.79 Å². The van der Waals surface area contributed by atoms with Crippen molar-refractivity contribution < 1.29 is 20.1 Å². The standard InChI is InChI=1S/C35H67NO4/c1-3-5-7-9-11-13-15-17-18-19-21-23-25-27-29-33(38)35(40)32(31-37)36-34(39)30-28-26-24-22-20-16-14-12-10-8-6-4-2/h15,17,21,23,32-33,35,37-38,40H,3-14,16,18-20,22,24-31H2,1-2H3,(H,36,39)/b17-15+,23-21+. The highest BCUT2D eigenvalue weighted by atomic mass is 16.3. The highest BCUT2D eigenvalue weighted by Gasteiger charge is 2.26. The van der Waals surface area contributed by atoms with Gasteiger partial charge in [-0.05, 0) is 51.4 Å². The van der Waals surface area contributed by atoms with Crippen molar-refractivity contribution in [3.8, 4) is 0 Å². The molecule has 0 fully saturated rings. The zero-order valence-electron chi connectivity index (χ0n) is 26.5. The van der Waals surface area contributed by atoms with E-state index >= 15 is 0 Å². The number of carbonyl (C=O) groups is 1. The van der Waals surface area contributed by atoms with Crippen LogP contribution < -0.4 is 5.32 Å². The Kier molecular flexibility index (Phi) is 29.9. The molecule has 0 aliphatic heterocycles. The summed E-state index contributed by atoms with van der Waals surface area (Å²) in [4.78, 5) is 12.3. The van der Waals surface area contributed by atoms with Crippen LogP contribution in [0.15, 0.2) is 24.3 Å². The van der Waals surface area contributed by atoms with Gasteiger partial charge in [-0.1, -0.05) is 134 Å². The molecule has 236 valence electrons. The lowest BCUT2D eigenvalue weighted by Crippen LogP contribution is -2.50. The molecule has 0 heterocycles. The van der Waals surface area contributed by atoms with Gasteiger partial charge in [0.25, 0.3) is 0 Å². The SMILES string of the molecule is CCCCCCC/C=C/CC/C=C/CCCC(O)C(O)C(CO)NC(=O)CCCCCCCCCCCCCC. The minimum Gasteiger partial charge on any atom is -0.394 e. The molecule has 0 spiro atoms. The summed E-state index contributed by atoms with van der Waals surface area (Å²) in [5.41, 5.74) is 0. The number of carbonyl (C=O) groups excluding carboxylic acids is 1. The van der Waals surface area contributed by atoms with Crippen molar-refractivity contribution in [1.29, 1.82) is 0 Å². The molecule has 0 aliphatic rings. The Balaban J connectivity index is 3.80. The molecule has 0 saturated carbocycles. The van der Waals surface area contributed by atoms with E-state index in [1.54, 1.807) is 0 Å². The second-order valence-electron chi connectivity index (χ2n) is 11.7. The number of nitrogens with one attached hydrogen (secondary N) is 1. The van der Waals surface area contributed by atoms with Crippen LogP contribution in [0.5, 0.6) is 0 Å². The first kappa shape index (κ1) is 38.8. The quantitative estimate of drug-likeness (QED) is 0.0518. The molecule has 0 radical (unpaired) electrons. The first-order valence-electron chi connectivity index (χ1n) is 17.1. The minimum absolute atomic E-state index is 0.161. The molecule has 5 heteroatoms. The molecule has 3 unspecified atom stereocenters. The summed E-state index contributed by atoms with van der Waals surface area (Å²) in [6.07, 6.45) is 34.1. The van der Waals surface area contributed by atoms with E-state index in [0.29, 0.717) is 12.8 Å². The van der Waals surface area contributed by atoms with E-state index < -0.39 is 18.2 Å². The van der Waals surface area contributed by atoms with Crippen LogP contribution in [0.2, 0.25) is 0 Å². The van der Waals surface area contributed by atoms with Gasteiger partial charge in [0.1, 0.15) is 6.10 Å². The Morgan fingerprint density at radius 2 is 1.02 bits per heavy atom. The van der Waals surface area contributed by atoms with Gasteiger partial charge >= 0.3 is 0 Å². The Labute approximate surface area is 248 Å². The van der Waals surface area contributed by atoms with E-state index in [1.807, 2.05) is 0 Å². The van der Waals surface area contributed by atoms with Crippen LogP contribution in [0.3, 0.4) is 0 Å². The fourth-order valence-corrected chi connectivity index (χ4v) is 5.06. The Hall–Kier alpha value is -1.17. The Morgan fingerprint density at radius 1 is 0.600 bits per heavy atom. The average Bonchev–Trinajstić information content (AvgIpc) is 2.96. The molecule has 0 rings (SSSR count). The fraction of sp³-hybridized carbons (Fsp3) is 0.857. The van der Waals surface area contributed by atoms with Gasteiger partial charge in [-0.2, -0.15) is 0 Å². The van der Waals surface area contributed by atoms with Crippen molar-refractivity contribution in [2.75, 3.05) is 6.61 Å². The molecule has 0 bridgehead atoms. The number of aliphatic hydroxyl groups is 3. The van der Waals surface area contributed by atoms with Crippen molar-refractivity contribution >= 4 is 5.91 Å². The largest absolute Gasteiger partial charge is 0.394 e. The number of aliphatic hydroxyl groups excluding tert-OH is 3. The monoisotopic (exact) mass is 566 g/mol. The molecule has 0 aromatic carbocycles. The second kappa shape index (κ2) is 30.8. The maximum absolute atomic E-state index is 12.3. The normalized spacial score (nSPS) is 14.2.